The molecule has 0 saturated carbocycles. The number of aliphatic carboxylic acids is 1. The van der Waals surface area contributed by atoms with Gasteiger partial charge in [0, 0.05) is 13.3 Å². The molecule has 0 unspecified atom stereocenters. The zero-order valence-electron chi connectivity index (χ0n) is 18.6. The van der Waals surface area contributed by atoms with Gasteiger partial charge in [0.15, 0.2) is 0 Å². The van der Waals surface area contributed by atoms with Crippen molar-refractivity contribution >= 4 is 11.9 Å². The standard InChI is InChI=1S/C24H29NO9/c1-14(27)25-20-18(28)11-24(23(31)32,34-22(20)21(30)19(29)12-26)33-13-15-7-9-17(10-8-15)16-5-3-2-4-6-16/h2-10,18-22,26,28-30H,11-13H2,1H3,(H,25,27)(H,31,32)/t18-,19+,20+,21-,22+,24+/m0/s1. The number of carbonyl (C=O) groups is 2. The Bertz CT molecular complexity index is 968. The van der Waals surface area contributed by atoms with Crippen LogP contribution in [0.15, 0.2) is 54.6 Å². The average Bonchev–Trinajstić information content (AvgIpc) is 2.83. The second-order valence-corrected chi connectivity index (χ2v) is 8.23. The lowest BCUT2D eigenvalue weighted by Crippen LogP contribution is -2.67. The Labute approximate surface area is 196 Å². The Kier molecular flexibility index (Phi) is 8.37. The van der Waals surface area contributed by atoms with E-state index in [0.717, 1.165) is 11.1 Å². The lowest BCUT2D eigenvalue weighted by molar-refractivity contribution is -0.314. The van der Waals surface area contributed by atoms with Crippen LogP contribution < -0.4 is 5.32 Å². The van der Waals surface area contributed by atoms with Gasteiger partial charge in [-0.15, -0.1) is 0 Å². The molecule has 1 aliphatic heterocycles. The molecular formula is C24H29NO9. The molecular weight excluding hydrogens is 446 g/mol. The molecule has 0 aromatic heterocycles. The van der Waals surface area contributed by atoms with E-state index in [-0.39, 0.29) is 6.61 Å². The van der Waals surface area contributed by atoms with Crippen LogP contribution in [0.3, 0.4) is 0 Å². The monoisotopic (exact) mass is 475 g/mol. The summed E-state index contributed by atoms with van der Waals surface area (Å²) >= 11 is 0. The van der Waals surface area contributed by atoms with Crippen LogP contribution in [-0.2, 0) is 25.7 Å². The first kappa shape index (κ1) is 25.8. The Morgan fingerprint density at radius 3 is 2.29 bits per heavy atom. The largest absolute Gasteiger partial charge is 0.477 e. The maximum absolute atomic E-state index is 12.2. The molecule has 0 spiro atoms. The van der Waals surface area contributed by atoms with E-state index in [4.69, 9.17) is 9.47 Å². The minimum absolute atomic E-state index is 0.190. The fraction of sp³-hybridized carbons (Fsp3) is 0.417. The van der Waals surface area contributed by atoms with Crippen LogP contribution in [0, 0.1) is 0 Å². The molecule has 10 heteroatoms. The van der Waals surface area contributed by atoms with E-state index in [1.54, 1.807) is 12.1 Å². The van der Waals surface area contributed by atoms with Gasteiger partial charge >= 0.3 is 5.97 Å². The third kappa shape index (κ3) is 5.79. The van der Waals surface area contributed by atoms with Crippen LogP contribution in [0.2, 0.25) is 0 Å². The van der Waals surface area contributed by atoms with Gasteiger partial charge in [-0.2, -0.15) is 0 Å². The summed E-state index contributed by atoms with van der Waals surface area (Å²) < 4.78 is 11.2. The summed E-state index contributed by atoms with van der Waals surface area (Å²) in [5.74, 6) is -4.48. The van der Waals surface area contributed by atoms with Crippen LogP contribution in [0.4, 0.5) is 0 Å². The lowest BCUT2D eigenvalue weighted by Gasteiger charge is -2.46. The molecule has 6 atom stereocenters. The summed E-state index contributed by atoms with van der Waals surface area (Å²) in [6.07, 6.45) is -7.13. The van der Waals surface area contributed by atoms with Gasteiger partial charge in [0.2, 0.25) is 5.91 Å². The van der Waals surface area contributed by atoms with Gasteiger partial charge in [0.05, 0.1) is 25.4 Å². The molecule has 2 aromatic rings. The second-order valence-electron chi connectivity index (χ2n) is 8.23. The normalized spacial score (nSPS) is 26.4. The number of hydrogen-bond donors (Lipinski definition) is 6. The fourth-order valence-electron chi connectivity index (χ4n) is 3.90. The molecule has 6 N–H and O–H groups in total. The highest BCUT2D eigenvalue weighted by Gasteiger charge is 2.55. The first-order valence-corrected chi connectivity index (χ1v) is 10.8. The van der Waals surface area contributed by atoms with E-state index < -0.39 is 61.1 Å². The Balaban J connectivity index is 1.81. The molecule has 0 aliphatic carbocycles. The number of rotatable bonds is 9. The minimum Gasteiger partial charge on any atom is -0.477 e. The predicted octanol–water partition coefficient (Wildman–Crippen LogP) is 0.0197. The summed E-state index contributed by atoms with van der Waals surface area (Å²) in [5.41, 5.74) is 2.61. The van der Waals surface area contributed by atoms with Crippen molar-refractivity contribution in [2.24, 2.45) is 0 Å². The van der Waals surface area contributed by atoms with E-state index in [1.165, 1.54) is 6.92 Å². The van der Waals surface area contributed by atoms with Crippen LogP contribution in [0.25, 0.3) is 11.1 Å². The molecule has 2 aromatic carbocycles. The zero-order valence-corrected chi connectivity index (χ0v) is 18.6. The molecule has 3 rings (SSSR count). The van der Waals surface area contributed by atoms with Crippen molar-refractivity contribution in [3.05, 3.63) is 60.2 Å². The Morgan fingerprint density at radius 2 is 1.74 bits per heavy atom. The van der Waals surface area contributed by atoms with E-state index in [0.29, 0.717) is 5.56 Å². The topological polar surface area (TPSA) is 166 Å². The molecule has 0 radical (unpaired) electrons. The van der Waals surface area contributed by atoms with Crippen LogP contribution >= 0.6 is 0 Å². The number of ether oxygens (including phenoxy) is 2. The summed E-state index contributed by atoms with van der Waals surface area (Å²) in [6.45, 7) is 0.135. The Hall–Kier alpha value is -2.86. The van der Waals surface area contributed by atoms with Gasteiger partial charge in [0.1, 0.15) is 18.3 Å². The second kappa shape index (κ2) is 11.0. The smallest absolute Gasteiger partial charge is 0.364 e. The first-order chi connectivity index (χ1) is 16.2. The maximum Gasteiger partial charge on any atom is 0.364 e. The number of aliphatic hydroxyl groups is 4. The van der Waals surface area contributed by atoms with E-state index in [2.05, 4.69) is 5.32 Å². The predicted molar refractivity (Wildman–Crippen MR) is 119 cm³/mol. The van der Waals surface area contributed by atoms with Crippen LogP contribution in [-0.4, -0.2) is 80.3 Å². The van der Waals surface area contributed by atoms with E-state index in [9.17, 15) is 35.1 Å². The van der Waals surface area contributed by atoms with E-state index in [1.807, 2.05) is 42.5 Å². The molecule has 1 saturated heterocycles. The van der Waals surface area contributed by atoms with Crippen molar-refractivity contribution in [1.29, 1.82) is 0 Å². The van der Waals surface area contributed by atoms with E-state index >= 15 is 0 Å². The van der Waals surface area contributed by atoms with Gasteiger partial charge in [0.25, 0.3) is 5.79 Å². The number of benzene rings is 2. The number of carboxylic acid groups (broad SMARTS) is 1. The summed E-state index contributed by atoms with van der Waals surface area (Å²) in [5, 5.41) is 52.5. The molecule has 1 fully saturated rings. The first-order valence-electron chi connectivity index (χ1n) is 10.8. The number of aliphatic hydroxyl groups excluding tert-OH is 4. The van der Waals surface area contributed by atoms with Crippen molar-refractivity contribution in [2.75, 3.05) is 6.61 Å². The zero-order chi connectivity index (χ0) is 24.9. The Morgan fingerprint density at radius 1 is 1.12 bits per heavy atom. The van der Waals surface area contributed by atoms with Crippen molar-refractivity contribution < 1.29 is 44.6 Å². The molecule has 1 aliphatic rings. The van der Waals surface area contributed by atoms with Crippen LogP contribution in [0.5, 0.6) is 0 Å². The summed E-state index contributed by atoms with van der Waals surface area (Å²) in [6, 6.07) is 15.7. The molecule has 1 amide bonds. The lowest BCUT2D eigenvalue weighted by atomic mass is 9.88. The van der Waals surface area contributed by atoms with Crippen molar-refractivity contribution in [2.45, 2.75) is 56.2 Å². The highest BCUT2D eigenvalue weighted by Crippen LogP contribution is 2.34. The number of hydrogen-bond acceptors (Lipinski definition) is 8. The molecule has 184 valence electrons. The number of amides is 1. The fourth-order valence-corrected chi connectivity index (χ4v) is 3.90. The maximum atomic E-state index is 12.2. The number of nitrogens with one attached hydrogen (secondary N) is 1. The summed E-state index contributed by atoms with van der Waals surface area (Å²) in [7, 11) is 0. The van der Waals surface area contributed by atoms with Gasteiger partial charge < -0.3 is 40.3 Å². The third-order valence-corrected chi connectivity index (χ3v) is 5.72. The van der Waals surface area contributed by atoms with Gasteiger partial charge in [-0.3, -0.25) is 4.79 Å². The molecule has 10 nitrogen and oxygen atoms in total. The highest BCUT2D eigenvalue weighted by molar-refractivity contribution is 5.76. The average molecular weight is 475 g/mol. The molecule has 1 heterocycles. The van der Waals surface area contributed by atoms with Crippen molar-refractivity contribution in [3.8, 4) is 11.1 Å². The number of carboxylic acids is 1. The van der Waals surface area contributed by atoms with Crippen LogP contribution in [0.1, 0.15) is 18.9 Å². The summed E-state index contributed by atoms with van der Waals surface area (Å²) in [4.78, 5) is 23.8. The van der Waals surface area contributed by atoms with Gasteiger partial charge in [-0.05, 0) is 16.7 Å². The SMILES string of the molecule is CC(=O)N[C@H]1[C@H]([C@@H](O)[C@H](O)CO)O[C@@](OCc2ccc(-c3ccccc3)cc2)(C(=O)O)C[C@@H]1O. The van der Waals surface area contributed by atoms with Crippen molar-refractivity contribution in [1.82, 2.24) is 5.32 Å². The minimum atomic E-state index is -2.37. The van der Waals surface area contributed by atoms with Crippen molar-refractivity contribution in [3.63, 3.8) is 0 Å². The quantitative estimate of drug-likeness (QED) is 0.293. The highest BCUT2D eigenvalue weighted by atomic mass is 16.7. The van der Waals surface area contributed by atoms with Gasteiger partial charge in [-0.25, -0.2) is 4.79 Å². The molecule has 34 heavy (non-hydrogen) atoms. The third-order valence-electron chi connectivity index (χ3n) is 5.72. The molecule has 0 bridgehead atoms. The number of carbonyl (C=O) groups excluding carboxylic acids is 1. The van der Waals surface area contributed by atoms with Gasteiger partial charge in [-0.1, -0.05) is 54.6 Å².